The second-order valence-corrected chi connectivity index (χ2v) is 9.06. The summed E-state index contributed by atoms with van der Waals surface area (Å²) in [5.74, 6) is 0.142. The highest BCUT2D eigenvalue weighted by Gasteiger charge is 2.23. The molecule has 0 bridgehead atoms. The minimum Gasteiger partial charge on any atom is -0.410 e. The Kier molecular flexibility index (Phi) is 5.28. The zero-order valence-corrected chi connectivity index (χ0v) is 17.9. The standard InChI is InChI=1S/C21H18N4O6S/c1-23(2)32(29,30)24-19-6-4-3-5-17(19)18-13-14(7-12-20(18)24)22-21(26)31-16-10-8-15(9-11-16)25(27)28/h3-13H,1-2H3,(H,22,26). The van der Waals surface area contributed by atoms with Crippen molar-refractivity contribution in [1.29, 1.82) is 0 Å². The predicted octanol–water partition coefficient (Wildman–Crippen LogP) is 3.97. The van der Waals surface area contributed by atoms with Crippen LogP contribution in [-0.2, 0) is 10.2 Å². The summed E-state index contributed by atoms with van der Waals surface area (Å²) >= 11 is 0. The molecule has 10 nitrogen and oxygen atoms in total. The van der Waals surface area contributed by atoms with Crippen LogP contribution in [0.2, 0.25) is 0 Å². The third-order valence-electron chi connectivity index (χ3n) is 4.83. The minimum absolute atomic E-state index is 0.118. The zero-order chi connectivity index (χ0) is 23.0. The second-order valence-electron chi connectivity index (χ2n) is 7.07. The van der Waals surface area contributed by atoms with Crippen molar-refractivity contribution < 1.29 is 22.9 Å². The first-order valence-corrected chi connectivity index (χ1v) is 10.8. The Labute approximate surface area is 182 Å². The fourth-order valence-electron chi connectivity index (χ4n) is 3.31. The Balaban J connectivity index is 1.67. The number of benzene rings is 3. The lowest BCUT2D eigenvalue weighted by molar-refractivity contribution is -0.384. The number of rotatable bonds is 5. The van der Waals surface area contributed by atoms with E-state index in [0.29, 0.717) is 27.5 Å². The number of carbonyl (C=O) groups excluding carboxylic acids is 1. The summed E-state index contributed by atoms with van der Waals surface area (Å²) in [7, 11) is -0.866. The number of nitro benzene ring substituents is 1. The molecule has 0 aliphatic heterocycles. The molecule has 1 N–H and O–H groups in total. The van der Waals surface area contributed by atoms with Gasteiger partial charge in [-0.1, -0.05) is 18.2 Å². The number of nitrogens with zero attached hydrogens (tertiary/aromatic N) is 3. The Hall–Kier alpha value is -3.96. The van der Waals surface area contributed by atoms with Crippen molar-refractivity contribution in [3.8, 4) is 5.75 Å². The predicted molar refractivity (Wildman–Crippen MR) is 120 cm³/mol. The number of nitrogens with one attached hydrogen (secondary N) is 1. The van der Waals surface area contributed by atoms with Crippen molar-refractivity contribution in [2.75, 3.05) is 19.4 Å². The van der Waals surface area contributed by atoms with Crippen molar-refractivity contribution >= 4 is 49.5 Å². The molecule has 0 atom stereocenters. The first kappa shape index (κ1) is 21.3. The molecule has 32 heavy (non-hydrogen) atoms. The third kappa shape index (κ3) is 3.74. The minimum atomic E-state index is -3.78. The van der Waals surface area contributed by atoms with E-state index in [4.69, 9.17) is 4.74 Å². The number of anilines is 1. The largest absolute Gasteiger partial charge is 0.417 e. The first-order chi connectivity index (χ1) is 15.2. The molecule has 0 saturated carbocycles. The van der Waals surface area contributed by atoms with Crippen LogP contribution in [-0.4, -0.2) is 41.8 Å². The molecule has 0 radical (unpaired) electrons. The monoisotopic (exact) mass is 454 g/mol. The maximum atomic E-state index is 12.9. The van der Waals surface area contributed by atoms with Gasteiger partial charge in [-0.3, -0.25) is 15.4 Å². The molecule has 4 aromatic rings. The van der Waals surface area contributed by atoms with Crippen LogP contribution >= 0.6 is 0 Å². The summed E-state index contributed by atoms with van der Waals surface area (Å²) in [5.41, 5.74) is 1.26. The summed E-state index contributed by atoms with van der Waals surface area (Å²) in [5, 5.41) is 14.7. The molecule has 1 heterocycles. The van der Waals surface area contributed by atoms with Crippen LogP contribution in [0, 0.1) is 10.1 Å². The van der Waals surface area contributed by atoms with Gasteiger partial charge in [0.2, 0.25) is 0 Å². The van der Waals surface area contributed by atoms with Gasteiger partial charge in [0.05, 0.1) is 16.0 Å². The number of carbonyl (C=O) groups is 1. The molecule has 4 rings (SSSR count). The number of fused-ring (bicyclic) bond motifs is 3. The highest BCUT2D eigenvalue weighted by molar-refractivity contribution is 7.87. The molecule has 0 aliphatic carbocycles. The smallest absolute Gasteiger partial charge is 0.410 e. The van der Waals surface area contributed by atoms with Crippen LogP contribution in [0.15, 0.2) is 66.7 Å². The quantitative estimate of drug-likeness (QED) is 0.359. The van der Waals surface area contributed by atoms with Crippen LogP contribution in [0.3, 0.4) is 0 Å². The molecule has 0 unspecified atom stereocenters. The number of para-hydroxylation sites is 1. The molecule has 0 spiro atoms. The molecule has 1 aromatic heterocycles. The Morgan fingerprint density at radius 2 is 1.66 bits per heavy atom. The summed E-state index contributed by atoms with van der Waals surface area (Å²) in [6.07, 6.45) is -0.789. The number of aromatic nitrogens is 1. The van der Waals surface area contributed by atoms with E-state index in [-0.39, 0.29) is 11.4 Å². The molecule has 0 fully saturated rings. The molecule has 3 aromatic carbocycles. The fraction of sp³-hybridized carbons (Fsp3) is 0.0952. The Bertz CT molecular complexity index is 1460. The van der Waals surface area contributed by atoms with Gasteiger partial charge in [0.25, 0.3) is 5.69 Å². The molecule has 0 saturated heterocycles. The van der Waals surface area contributed by atoms with Crippen molar-refractivity contribution in [1.82, 2.24) is 8.28 Å². The number of ether oxygens (including phenoxy) is 1. The van der Waals surface area contributed by atoms with Crippen LogP contribution in [0.5, 0.6) is 5.75 Å². The van der Waals surface area contributed by atoms with Crippen LogP contribution in [0.1, 0.15) is 0 Å². The Morgan fingerprint density at radius 3 is 2.31 bits per heavy atom. The molecular weight excluding hydrogens is 436 g/mol. The van der Waals surface area contributed by atoms with Crippen molar-refractivity contribution in [3.05, 3.63) is 76.8 Å². The van der Waals surface area contributed by atoms with Gasteiger partial charge < -0.3 is 4.74 Å². The van der Waals surface area contributed by atoms with Gasteiger partial charge in [0.1, 0.15) is 5.75 Å². The van der Waals surface area contributed by atoms with Gasteiger partial charge in [-0.15, -0.1) is 0 Å². The number of hydrogen-bond donors (Lipinski definition) is 1. The van der Waals surface area contributed by atoms with E-state index >= 15 is 0 Å². The van der Waals surface area contributed by atoms with E-state index in [9.17, 15) is 23.3 Å². The fourth-order valence-corrected chi connectivity index (χ4v) is 4.46. The van der Waals surface area contributed by atoms with E-state index in [1.165, 1.54) is 42.3 Å². The van der Waals surface area contributed by atoms with Gasteiger partial charge >= 0.3 is 16.3 Å². The molecular formula is C21H18N4O6S. The Morgan fingerprint density at radius 1 is 1.00 bits per heavy atom. The average molecular weight is 454 g/mol. The van der Waals surface area contributed by atoms with Crippen LogP contribution in [0.25, 0.3) is 21.8 Å². The van der Waals surface area contributed by atoms with Gasteiger partial charge in [0.15, 0.2) is 0 Å². The lowest BCUT2D eigenvalue weighted by atomic mass is 10.1. The second kappa shape index (κ2) is 7.94. The summed E-state index contributed by atoms with van der Waals surface area (Å²) in [6.45, 7) is 0. The maximum absolute atomic E-state index is 12.9. The topological polar surface area (TPSA) is 124 Å². The van der Waals surface area contributed by atoms with Crippen molar-refractivity contribution in [3.63, 3.8) is 0 Å². The highest BCUT2D eigenvalue weighted by atomic mass is 32.2. The lowest BCUT2D eigenvalue weighted by Gasteiger charge is -2.14. The van der Waals surface area contributed by atoms with Crippen LogP contribution in [0.4, 0.5) is 16.2 Å². The summed E-state index contributed by atoms with van der Waals surface area (Å²) in [4.78, 5) is 22.4. The van der Waals surface area contributed by atoms with Gasteiger partial charge in [-0.05, 0) is 36.4 Å². The summed E-state index contributed by atoms with van der Waals surface area (Å²) < 4.78 is 33.4. The molecule has 11 heteroatoms. The van der Waals surface area contributed by atoms with E-state index in [2.05, 4.69) is 5.32 Å². The van der Waals surface area contributed by atoms with Gasteiger partial charge in [-0.2, -0.15) is 12.7 Å². The molecule has 1 amide bonds. The number of non-ortho nitro benzene ring substituents is 1. The number of nitro groups is 1. The maximum Gasteiger partial charge on any atom is 0.417 e. The van der Waals surface area contributed by atoms with E-state index in [0.717, 1.165) is 4.31 Å². The number of amides is 1. The average Bonchev–Trinajstić information content (AvgIpc) is 3.08. The van der Waals surface area contributed by atoms with Crippen molar-refractivity contribution in [2.45, 2.75) is 0 Å². The van der Waals surface area contributed by atoms with E-state index in [1.54, 1.807) is 42.5 Å². The highest BCUT2D eigenvalue weighted by Crippen LogP contribution is 2.32. The zero-order valence-electron chi connectivity index (χ0n) is 17.1. The van der Waals surface area contributed by atoms with Gasteiger partial charge in [-0.25, -0.2) is 8.77 Å². The third-order valence-corrected chi connectivity index (χ3v) is 6.60. The number of hydrogen-bond acceptors (Lipinski definition) is 6. The summed E-state index contributed by atoms with van der Waals surface area (Å²) in [6, 6.07) is 17.0. The molecule has 164 valence electrons. The molecule has 0 aliphatic rings. The normalized spacial score (nSPS) is 11.7. The van der Waals surface area contributed by atoms with E-state index in [1.807, 2.05) is 0 Å². The first-order valence-electron chi connectivity index (χ1n) is 9.38. The SMILES string of the molecule is CN(C)S(=O)(=O)n1c2ccccc2c2cc(NC(=O)Oc3ccc([N+](=O)[O-])cc3)ccc21. The lowest BCUT2D eigenvalue weighted by Crippen LogP contribution is -2.28. The van der Waals surface area contributed by atoms with Crippen molar-refractivity contribution in [2.24, 2.45) is 0 Å². The van der Waals surface area contributed by atoms with Gasteiger partial charge in [0, 0.05) is 42.7 Å². The van der Waals surface area contributed by atoms with Crippen LogP contribution < -0.4 is 10.1 Å². The van der Waals surface area contributed by atoms with E-state index < -0.39 is 21.2 Å².